The van der Waals surface area contributed by atoms with Crippen LogP contribution in [0, 0.1) is 0 Å². The maximum Gasteiger partial charge on any atom is 0.232 e. The van der Waals surface area contributed by atoms with E-state index in [9.17, 15) is 0 Å². The van der Waals surface area contributed by atoms with E-state index in [0.29, 0.717) is 24.1 Å². The van der Waals surface area contributed by atoms with Gasteiger partial charge in [0.15, 0.2) is 0 Å². The van der Waals surface area contributed by atoms with Crippen molar-refractivity contribution in [2.75, 3.05) is 27.2 Å². The monoisotopic (exact) mass is 229 g/mol. The van der Waals surface area contributed by atoms with Gasteiger partial charge in [-0.25, -0.2) is 4.98 Å². The first-order chi connectivity index (χ1) is 7.13. The number of aromatic nitrogens is 1. The van der Waals surface area contributed by atoms with Crippen LogP contribution in [0.25, 0.3) is 0 Å². The summed E-state index contributed by atoms with van der Waals surface area (Å²) in [7, 11) is 3.96. The molecule has 0 unspecified atom stereocenters. The third kappa shape index (κ3) is 4.03. The smallest absolute Gasteiger partial charge is 0.232 e. The number of likely N-dealkylation sites (N-methyl/N-ethyl adjacent to an activating group) is 1. The van der Waals surface area contributed by atoms with Crippen molar-refractivity contribution in [2.45, 2.75) is 6.54 Å². The molecule has 0 amide bonds. The standard InChI is InChI=1S/C10H16ClN3O/c1-14(2)3-4-15-10-9(11)5-8(6-12)7-13-10/h5,7H,3-4,6,12H2,1-2H3. The third-order valence-corrected chi connectivity index (χ3v) is 2.15. The summed E-state index contributed by atoms with van der Waals surface area (Å²) in [5, 5.41) is 0.511. The highest BCUT2D eigenvalue weighted by molar-refractivity contribution is 6.31. The number of halogens is 1. The first-order valence-electron chi connectivity index (χ1n) is 4.75. The molecule has 0 aromatic carbocycles. The highest BCUT2D eigenvalue weighted by Crippen LogP contribution is 2.21. The van der Waals surface area contributed by atoms with E-state index in [1.165, 1.54) is 0 Å². The van der Waals surface area contributed by atoms with E-state index in [1.807, 2.05) is 19.0 Å². The van der Waals surface area contributed by atoms with Crippen LogP contribution in [0.2, 0.25) is 5.02 Å². The molecule has 0 aliphatic heterocycles. The van der Waals surface area contributed by atoms with Crippen LogP contribution < -0.4 is 10.5 Å². The normalized spacial score (nSPS) is 10.7. The van der Waals surface area contributed by atoms with Gasteiger partial charge in [-0.05, 0) is 25.7 Å². The zero-order chi connectivity index (χ0) is 11.3. The minimum absolute atomic E-state index is 0.435. The van der Waals surface area contributed by atoms with E-state index in [4.69, 9.17) is 22.1 Å². The minimum atomic E-state index is 0.435. The van der Waals surface area contributed by atoms with Gasteiger partial charge in [0.2, 0.25) is 5.88 Å². The molecular formula is C10H16ClN3O. The lowest BCUT2D eigenvalue weighted by molar-refractivity contribution is 0.254. The molecule has 1 aromatic rings. The Balaban J connectivity index is 2.54. The minimum Gasteiger partial charge on any atom is -0.475 e. The summed E-state index contributed by atoms with van der Waals surface area (Å²) in [6.07, 6.45) is 1.68. The maximum absolute atomic E-state index is 5.97. The molecule has 0 saturated carbocycles. The predicted molar refractivity (Wildman–Crippen MR) is 61.2 cm³/mol. The Hall–Kier alpha value is -0.840. The van der Waals surface area contributed by atoms with E-state index < -0.39 is 0 Å². The summed E-state index contributed by atoms with van der Waals surface area (Å²) in [4.78, 5) is 6.12. The molecule has 0 bridgehead atoms. The van der Waals surface area contributed by atoms with Gasteiger partial charge < -0.3 is 15.4 Å². The van der Waals surface area contributed by atoms with Crippen LogP contribution in [-0.4, -0.2) is 37.1 Å². The lowest BCUT2D eigenvalue weighted by Gasteiger charge is -2.11. The molecule has 15 heavy (non-hydrogen) atoms. The second kappa shape index (κ2) is 5.90. The van der Waals surface area contributed by atoms with Crippen molar-refractivity contribution in [1.82, 2.24) is 9.88 Å². The van der Waals surface area contributed by atoms with Gasteiger partial charge in [0, 0.05) is 19.3 Å². The van der Waals surface area contributed by atoms with Crippen molar-refractivity contribution in [1.29, 1.82) is 0 Å². The molecular weight excluding hydrogens is 214 g/mol. The summed E-state index contributed by atoms with van der Waals surface area (Å²) in [6.45, 7) is 1.84. The molecule has 2 N–H and O–H groups in total. The fraction of sp³-hybridized carbons (Fsp3) is 0.500. The lowest BCUT2D eigenvalue weighted by atomic mass is 10.3. The van der Waals surface area contributed by atoms with Gasteiger partial charge in [0.05, 0.1) is 0 Å². The Morgan fingerprint density at radius 1 is 1.53 bits per heavy atom. The molecule has 1 aromatic heterocycles. The Labute approximate surface area is 95.0 Å². The van der Waals surface area contributed by atoms with Crippen LogP contribution in [0.4, 0.5) is 0 Å². The Kier molecular flexibility index (Phi) is 4.81. The number of rotatable bonds is 5. The maximum atomic E-state index is 5.97. The molecule has 0 spiro atoms. The fourth-order valence-electron chi connectivity index (χ4n) is 1.01. The third-order valence-electron chi connectivity index (χ3n) is 1.88. The summed E-state index contributed by atoms with van der Waals surface area (Å²) in [5.41, 5.74) is 6.37. The Morgan fingerprint density at radius 3 is 2.80 bits per heavy atom. The van der Waals surface area contributed by atoms with E-state index in [0.717, 1.165) is 12.1 Å². The molecule has 5 heteroatoms. The molecule has 0 atom stereocenters. The number of nitrogens with two attached hydrogens (primary N) is 1. The van der Waals surface area contributed by atoms with E-state index in [2.05, 4.69) is 4.98 Å². The van der Waals surface area contributed by atoms with Gasteiger partial charge in [-0.2, -0.15) is 0 Å². The number of hydrogen-bond acceptors (Lipinski definition) is 4. The highest BCUT2D eigenvalue weighted by atomic mass is 35.5. The molecule has 0 aliphatic carbocycles. The van der Waals surface area contributed by atoms with Crippen LogP contribution >= 0.6 is 11.6 Å². The Morgan fingerprint density at radius 2 is 2.27 bits per heavy atom. The van der Waals surface area contributed by atoms with E-state index in [-0.39, 0.29) is 0 Å². The predicted octanol–water partition coefficient (Wildman–Crippen LogP) is 1.13. The van der Waals surface area contributed by atoms with Crippen molar-refractivity contribution in [3.8, 4) is 5.88 Å². The SMILES string of the molecule is CN(C)CCOc1ncc(CN)cc1Cl. The van der Waals surface area contributed by atoms with Crippen molar-refractivity contribution < 1.29 is 4.74 Å². The topological polar surface area (TPSA) is 51.4 Å². The quantitative estimate of drug-likeness (QED) is 0.823. The molecule has 1 heterocycles. The first-order valence-corrected chi connectivity index (χ1v) is 5.13. The molecule has 1 rings (SSSR count). The van der Waals surface area contributed by atoms with Crippen LogP contribution in [0.3, 0.4) is 0 Å². The van der Waals surface area contributed by atoms with Crippen molar-refractivity contribution >= 4 is 11.6 Å². The van der Waals surface area contributed by atoms with Gasteiger partial charge in [-0.3, -0.25) is 0 Å². The molecule has 0 fully saturated rings. The fourth-order valence-corrected chi connectivity index (χ4v) is 1.25. The molecule has 0 aliphatic rings. The molecule has 0 radical (unpaired) electrons. The highest BCUT2D eigenvalue weighted by Gasteiger charge is 2.04. The zero-order valence-corrected chi connectivity index (χ0v) is 9.79. The van der Waals surface area contributed by atoms with Gasteiger partial charge in [-0.1, -0.05) is 11.6 Å². The van der Waals surface area contributed by atoms with Gasteiger partial charge >= 0.3 is 0 Å². The average Bonchev–Trinajstić information content (AvgIpc) is 2.20. The number of ether oxygens (including phenoxy) is 1. The van der Waals surface area contributed by atoms with Crippen LogP contribution in [0.1, 0.15) is 5.56 Å². The summed E-state index contributed by atoms with van der Waals surface area (Å²) >= 11 is 5.97. The number of nitrogens with zero attached hydrogens (tertiary/aromatic N) is 2. The van der Waals surface area contributed by atoms with Gasteiger partial charge in [0.25, 0.3) is 0 Å². The van der Waals surface area contributed by atoms with Gasteiger partial charge in [0.1, 0.15) is 11.6 Å². The number of pyridine rings is 1. The summed E-state index contributed by atoms with van der Waals surface area (Å²) in [6, 6.07) is 1.78. The van der Waals surface area contributed by atoms with Crippen molar-refractivity contribution in [2.24, 2.45) is 5.73 Å². The molecule has 4 nitrogen and oxygen atoms in total. The van der Waals surface area contributed by atoms with Crippen LogP contribution in [0.5, 0.6) is 5.88 Å². The van der Waals surface area contributed by atoms with Crippen molar-refractivity contribution in [3.05, 3.63) is 22.8 Å². The van der Waals surface area contributed by atoms with Crippen molar-refractivity contribution in [3.63, 3.8) is 0 Å². The molecule has 84 valence electrons. The number of hydrogen-bond donors (Lipinski definition) is 1. The zero-order valence-electron chi connectivity index (χ0n) is 9.03. The summed E-state index contributed by atoms with van der Waals surface area (Å²) in [5.74, 6) is 0.468. The first kappa shape index (κ1) is 12.2. The van der Waals surface area contributed by atoms with E-state index in [1.54, 1.807) is 12.3 Å². The average molecular weight is 230 g/mol. The van der Waals surface area contributed by atoms with E-state index >= 15 is 0 Å². The van der Waals surface area contributed by atoms with Crippen LogP contribution in [-0.2, 0) is 6.54 Å². The largest absolute Gasteiger partial charge is 0.475 e. The Bertz CT molecular complexity index is 318. The second-order valence-electron chi connectivity index (χ2n) is 3.49. The van der Waals surface area contributed by atoms with Crippen LogP contribution in [0.15, 0.2) is 12.3 Å². The second-order valence-corrected chi connectivity index (χ2v) is 3.89. The molecule has 0 saturated heterocycles. The lowest BCUT2D eigenvalue weighted by Crippen LogP contribution is -2.19. The summed E-state index contributed by atoms with van der Waals surface area (Å²) < 4.78 is 5.42. The van der Waals surface area contributed by atoms with Gasteiger partial charge in [-0.15, -0.1) is 0 Å².